The molecular weight excluding hydrogens is 417 g/mol. The smallest absolute Gasteiger partial charge is 0.363 e. The van der Waals surface area contributed by atoms with E-state index in [9.17, 15) is 18.0 Å². The zero-order chi connectivity index (χ0) is 22.5. The lowest BCUT2D eigenvalue weighted by atomic mass is 9.72. The second-order valence-electron chi connectivity index (χ2n) is 9.54. The molecule has 1 amide bonds. The van der Waals surface area contributed by atoms with Crippen molar-refractivity contribution in [2.45, 2.75) is 69.8 Å². The number of halogens is 3. The molecule has 5 rings (SSSR count). The predicted molar refractivity (Wildman–Crippen MR) is 115 cm³/mol. The van der Waals surface area contributed by atoms with E-state index in [4.69, 9.17) is 0 Å². The second-order valence-corrected chi connectivity index (χ2v) is 9.54. The van der Waals surface area contributed by atoms with Crippen molar-refractivity contribution in [3.05, 3.63) is 47.7 Å². The van der Waals surface area contributed by atoms with Crippen molar-refractivity contribution in [2.24, 2.45) is 11.8 Å². The van der Waals surface area contributed by atoms with E-state index in [0.29, 0.717) is 18.4 Å². The molecule has 32 heavy (non-hydrogen) atoms. The van der Waals surface area contributed by atoms with Crippen molar-refractivity contribution in [3.63, 3.8) is 0 Å². The van der Waals surface area contributed by atoms with Crippen molar-refractivity contribution >= 4 is 11.7 Å². The van der Waals surface area contributed by atoms with E-state index in [1.165, 1.54) is 12.5 Å². The van der Waals surface area contributed by atoms with Crippen molar-refractivity contribution in [1.82, 2.24) is 14.7 Å². The van der Waals surface area contributed by atoms with Gasteiger partial charge in [0.1, 0.15) is 5.82 Å². The fourth-order valence-corrected chi connectivity index (χ4v) is 5.89. The van der Waals surface area contributed by atoms with E-state index >= 15 is 0 Å². The fourth-order valence-electron chi connectivity index (χ4n) is 5.89. The number of carbonyl (C=O) groups excluding carboxylic acids is 1. The Balaban J connectivity index is 1.45. The zero-order valence-electron chi connectivity index (χ0n) is 18.2. The third-order valence-electron chi connectivity index (χ3n) is 7.61. The Morgan fingerprint density at radius 1 is 1.12 bits per heavy atom. The third kappa shape index (κ3) is 3.77. The van der Waals surface area contributed by atoms with Crippen LogP contribution in [0.3, 0.4) is 0 Å². The number of benzene rings is 1. The summed E-state index contributed by atoms with van der Waals surface area (Å²) in [6, 6.07) is 8.53. The van der Waals surface area contributed by atoms with Gasteiger partial charge in [-0.2, -0.15) is 18.3 Å². The van der Waals surface area contributed by atoms with Crippen LogP contribution in [0.15, 0.2) is 36.4 Å². The van der Waals surface area contributed by atoms with Gasteiger partial charge in [0.15, 0.2) is 11.7 Å². The summed E-state index contributed by atoms with van der Waals surface area (Å²) in [6.07, 6.45) is 0.671. The molecule has 172 valence electrons. The normalized spacial score (nSPS) is 30.2. The minimum absolute atomic E-state index is 0.106. The number of hydrogen-bond acceptors (Lipinski definition) is 3. The Labute approximate surface area is 186 Å². The minimum Gasteiger partial charge on any atom is -0.363 e. The Kier molecular flexibility index (Phi) is 5.42. The molecular formula is C24H29F3N4O. The number of likely N-dealkylation sites (tertiary alicyclic amines) is 1. The standard InChI is InChI=1S/C24H29F3N4O/c1-15-11-12-30(20-10-6-5-9-17(15)20)23(32)19-14-22-28-18(16-7-3-2-4-8-16)13-21(24(25,26)27)31(22)29-19/h2-4,7-8,14-15,17-18,20-21,28H,5-6,9-13H2,1H3/t15-,17+,18-,20-,21+/m1/s1. The Morgan fingerprint density at radius 3 is 2.62 bits per heavy atom. The van der Waals surface area contributed by atoms with Gasteiger partial charge in [0.25, 0.3) is 5.91 Å². The topological polar surface area (TPSA) is 50.2 Å². The first kappa shape index (κ1) is 21.3. The van der Waals surface area contributed by atoms with Gasteiger partial charge in [0, 0.05) is 25.1 Å². The van der Waals surface area contributed by atoms with Crippen LogP contribution in [-0.2, 0) is 0 Å². The molecule has 5 atom stereocenters. The van der Waals surface area contributed by atoms with Crippen LogP contribution in [0.1, 0.15) is 73.6 Å². The molecule has 1 saturated heterocycles. The predicted octanol–water partition coefficient (Wildman–Crippen LogP) is 5.58. The molecule has 8 heteroatoms. The van der Waals surface area contributed by atoms with E-state index < -0.39 is 18.3 Å². The van der Waals surface area contributed by atoms with Crippen molar-refractivity contribution in [2.75, 3.05) is 11.9 Å². The van der Waals surface area contributed by atoms with Crippen LogP contribution in [-0.4, -0.2) is 39.4 Å². The molecule has 1 aliphatic carbocycles. The van der Waals surface area contributed by atoms with Gasteiger partial charge in [-0.25, -0.2) is 4.68 Å². The third-order valence-corrected chi connectivity index (χ3v) is 7.61. The lowest BCUT2D eigenvalue weighted by Crippen LogP contribution is -2.52. The number of carbonyl (C=O) groups is 1. The summed E-state index contributed by atoms with van der Waals surface area (Å²) in [5, 5.41) is 7.39. The summed E-state index contributed by atoms with van der Waals surface area (Å²) >= 11 is 0. The van der Waals surface area contributed by atoms with Gasteiger partial charge in [0.05, 0.1) is 6.04 Å². The van der Waals surface area contributed by atoms with Crippen LogP contribution in [0.25, 0.3) is 0 Å². The number of nitrogens with one attached hydrogen (secondary N) is 1. The molecule has 0 unspecified atom stereocenters. The number of anilines is 1. The van der Waals surface area contributed by atoms with Crippen LogP contribution >= 0.6 is 0 Å². The largest absolute Gasteiger partial charge is 0.410 e. The maximum atomic E-state index is 14.0. The van der Waals surface area contributed by atoms with E-state index in [1.807, 2.05) is 35.2 Å². The summed E-state index contributed by atoms with van der Waals surface area (Å²) < 4.78 is 42.8. The summed E-state index contributed by atoms with van der Waals surface area (Å²) in [7, 11) is 0. The van der Waals surface area contributed by atoms with Gasteiger partial charge in [-0.1, -0.05) is 50.1 Å². The maximum Gasteiger partial charge on any atom is 0.410 e. The molecule has 3 aliphatic rings. The minimum atomic E-state index is -4.45. The Hall–Kier alpha value is -2.51. The highest BCUT2D eigenvalue weighted by molar-refractivity contribution is 5.93. The fraction of sp³-hybridized carbons (Fsp3) is 0.583. The van der Waals surface area contributed by atoms with Crippen LogP contribution < -0.4 is 5.32 Å². The van der Waals surface area contributed by atoms with E-state index in [2.05, 4.69) is 17.3 Å². The Morgan fingerprint density at radius 2 is 1.88 bits per heavy atom. The van der Waals surface area contributed by atoms with Gasteiger partial charge >= 0.3 is 6.18 Å². The molecule has 2 aliphatic heterocycles. The van der Waals surface area contributed by atoms with Crippen LogP contribution in [0.5, 0.6) is 0 Å². The van der Waals surface area contributed by atoms with Crippen LogP contribution in [0, 0.1) is 11.8 Å². The summed E-state index contributed by atoms with van der Waals surface area (Å²) in [4.78, 5) is 15.3. The number of aromatic nitrogens is 2. The van der Waals surface area contributed by atoms with Gasteiger partial charge in [-0.3, -0.25) is 4.79 Å². The maximum absolute atomic E-state index is 14.0. The SMILES string of the molecule is C[C@@H]1CCN(C(=O)c2cc3n(n2)[C@H](C(F)(F)F)C[C@H](c2ccccc2)N3)[C@@H]2CCCC[C@@H]12. The first-order chi connectivity index (χ1) is 15.3. The van der Waals surface area contributed by atoms with Gasteiger partial charge in [0.2, 0.25) is 0 Å². The number of piperidine rings is 1. The number of fused-ring (bicyclic) bond motifs is 2. The monoisotopic (exact) mass is 446 g/mol. The molecule has 2 aromatic rings. The molecule has 0 radical (unpaired) electrons. The van der Waals surface area contributed by atoms with E-state index in [-0.39, 0.29) is 29.9 Å². The molecule has 5 nitrogen and oxygen atoms in total. The highest BCUT2D eigenvalue weighted by Gasteiger charge is 2.47. The number of amides is 1. The molecule has 1 aromatic carbocycles. The summed E-state index contributed by atoms with van der Waals surface area (Å²) in [5.74, 6) is 1.06. The first-order valence-corrected chi connectivity index (χ1v) is 11.6. The average molecular weight is 447 g/mol. The van der Waals surface area contributed by atoms with Crippen molar-refractivity contribution in [3.8, 4) is 0 Å². The highest BCUT2D eigenvalue weighted by atomic mass is 19.4. The number of nitrogens with zero attached hydrogens (tertiary/aromatic N) is 3. The van der Waals surface area contributed by atoms with Crippen molar-refractivity contribution in [1.29, 1.82) is 0 Å². The van der Waals surface area contributed by atoms with Crippen molar-refractivity contribution < 1.29 is 18.0 Å². The zero-order valence-corrected chi connectivity index (χ0v) is 18.2. The van der Waals surface area contributed by atoms with E-state index in [1.54, 1.807) is 0 Å². The Bertz CT molecular complexity index is 973. The summed E-state index contributed by atoms with van der Waals surface area (Å²) in [5.41, 5.74) is 0.895. The number of alkyl halides is 3. The van der Waals surface area contributed by atoms with Crippen LogP contribution in [0.2, 0.25) is 0 Å². The van der Waals surface area contributed by atoms with Gasteiger partial charge in [-0.15, -0.1) is 0 Å². The lowest BCUT2D eigenvalue weighted by molar-refractivity contribution is -0.173. The number of rotatable bonds is 2. The van der Waals surface area contributed by atoms with Crippen LogP contribution in [0.4, 0.5) is 19.0 Å². The second kappa shape index (κ2) is 8.12. The molecule has 0 bridgehead atoms. The lowest BCUT2D eigenvalue weighted by Gasteiger charge is -2.47. The number of hydrogen-bond donors (Lipinski definition) is 1. The molecule has 1 N–H and O–H groups in total. The molecule has 2 fully saturated rings. The first-order valence-electron chi connectivity index (χ1n) is 11.6. The molecule has 3 heterocycles. The summed E-state index contributed by atoms with van der Waals surface area (Å²) in [6.45, 7) is 2.90. The quantitative estimate of drug-likeness (QED) is 0.655. The van der Waals surface area contributed by atoms with E-state index in [0.717, 1.165) is 35.9 Å². The molecule has 1 aromatic heterocycles. The van der Waals surface area contributed by atoms with Gasteiger partial charge in [-0.05, 0) is 36.7 Å². The average Bonchev–Trinajstić information content (AvgIpc) is 3.22. The highest BCUT2D eigenvalue weighted by Crippen LogP contribution is 2.44. The molecule has 1 saturated carbocycles. The molecule has 0 spiro atoms. The van der Waals surface area contributed by atoms with Gasteiger partial charge < -0.3 is 10.2 Å².